The Morgan fingerprint density at radius 2 is 1.77 bits per heavy atom. The van der Waals surface area contributed by atoms with Gasteiger partial charge in [-0.25, -0.2) is 0 Å². The molecule has 0 heterocycles. The topological polar surface area (TPSA) is 115 Å². The predicted molar refractivity (Wildman–Crippen MR) is 97.3 cm³/mol. The summed E-state index contributed by atoms with van der Waals surface area (Å²) in [6.45, 7) is 2.08. The summed E-state index contributed by atoms with van der Waals surface area (Å²) in [5.41, 5.74) is 0. The molecular weight excluding hydrogens is 336 g/mol. The number of carbonyl (C=O) groups is 2. The van der Waals surface area contributed by atoms with E-state index in [4.69, 9.17) is 5.11 Å². The molecule has 0 aromatic rings. The average Bonchev–Trinajstić information content (AvgIpc) is 2.83. The van der Waals surface area contributed by atoms with E-state index in [0.29, 0.717) is 19.3 Å². The SMILES string of the molecule is CCCCC[C@H](O)C#C[C@@H]1[C@@H](CC(=O)CCCCC(=O)O)[C@@H](O)C[C@H]1O. The number of aliphatic carboxylic acids is 1. The highest BCUT2D eigenvalue weighted by Crippen LogP contribution is 2.35. The van der Waals surface area contributed by atoms with Crippen LogP contribution in [-0.4, -0.2) is 50.5 Å². The number of hydrogen-bond acceptors (Lipinski definition) is 5. The predicted octanol–water partition coefficient (Wildman–Crippen LogP) is 1.89. The zero-order valence-electron chi connectivity index (χ0n) is 15.6. The van der Waals surface area contributed by atoms with Crippen molar-refractivity contribution in [1.29, 1.82) is 0 Å². The molecule has 0 amide bonds. The summed E-state index contributed by atoms with van der Waals surface area (Å²) < 4.78 is 0. The number of ketones is 1. The van der Waals surface area contributed by atoms with Gasteiger partial charge in [0.25, 0.3) is 0 Å². The molecule has 0 bridgehead atoms. The summed E-state index contributed by atoms with van der Waals surface area (Å²) in [4.78, 5) is 22.6. The molecule has 0 aliphatic heterocycles. The molecule has 1 aliphatic rings. The molecule has 1 fully saturated rings. The van der Waals surface area contributed by atoms with Gasteiger partial charge in [-0.2, -0.15) is 0 Å². The Hall–Kier alpha value is -1.42. The Labute approximate surface area is 155 Å². The summed E-state index contributed by atoms with van der Waals surface area (Å²) in [6.07, 6.45) is 2.79. The second-order valence-electron chi connectivity index (χ2n) is 7.20. The lowest BCUT2D eigenvalue weighted by atomic mass is 9.88. The number of hydrogen-bond donors (Lipinski definition) is 4. The first-order valence-corrected chi connectivity index (χ1v) is 9.63. The number of aliphatic hydroxyl groups is 3. The molecule has 0 aromatic heterocycles. The van der Waals surface area contributed by atoms with Crippen LogP contribution in [0.4, 0.5) is 0 Å². The number of carbonyl (C=O) groups excluding carboxylic acids is 1. The maximum Gasteiger partial charge on any atom is 0.303 e. The van der Waals surface area contributed by atoms with Crippen molar-refractivity contribution < 1.29 is 30.0 Å². The minimum absolute atomic E-state index is 0.0437. The highest BCUT2D eigenvalue weighted by atomic mass is 16.4. The van der Waals surface area contributed by atoms with Crippen LogP contribution in [0.5, 0.6) is 0 Å². The van der Waals surface area contributed by atoms with Crippen molar-refractivity contribution in [3.63, 3.8) is 0 Å². The zero-order valence-corrected chi connectivity index (χ0v) is 15.6. The molecule has 0 spiro atoms. The fraction of sp³-hybridized carbons (Fsp3) is 0.800. The van der Waals surface area contributed by atoms with Crippen LogP contribution in [0.25, 0.3) is 0 Å². The van der Waals surface area contributed by atoms with Crippen molar-refractivity contribution in [3.8, 4) is 11.8 Å². The van der Waals surface area contributed by atoms with E-state index >= 15 is 0 Å². The van der Waals surface area contributed by atoms with E-state index in [2.05, 4.69) is 18.8 Å². The summed E-state index contributed by atoms with van der Waals surface area (Å²) in [7, 11) is 0. The van der Waals surface area contributed by atoms with Gasteiger partial charge in [-0.05, 0) is 25.7 Å². The summed E-state index contributed by atoms with van der Waals surface area (Å²) >= 11 is 0. The van der Waals surface area contributed by atoms with Crippen molar-refractivity contribution in [2.24, 2.45) is 11.8 Å². The van der Waals surface area contributed by atoms with Crippen LogP contribution in [0, 0.1) is 23.7 Å². The van der Waals surface area contributed by atoms with Crippen LogP contribution in [0.15, 0.2) is 0 Å². The first-order chi connectivity index (χ1) is 12.3. The van der Waals surface area contributed by atoms with E-state index in [1.54, 1.807) is 0 Å². The maximum atomic E-state index is 12.1. The van der Waals surface area contributed by atoms with Crippen LogP contribution in [0.3, 0.4) is 0 Å². The van der Waals surface area contributed by atoms with Crippen LogP contribution >= 0.6 is 0 Å². The Morgan fingerprint density at radius 1 is 1.08 bits per heavy atom. The smallest absolute Gasteiger partial charge is 0.303 e. The van der Waals surface area contributed by atoms with Gasteiger partial charge in [-0.1, -0.05) is 31.6 Å². The van der Waals surface area contributed by atoms with Gasteiger partial charge in [0.15, 0.2) is 0 Å². The van der Waals surface area contributed by atoms with Crippen molar-refractivity contribution in [2.45, 2.75) is 89.4 Å². The first-order valence-electron chi connectivity index (χ1n) is 9.63. The third-order valence-corrected chi connectivity index (χ3v) is 4.91. The van der Waals surface area contributed by atoms with E-state index in [1.165, 1.54) is 0 Å². The Morgan fingerprint density at radius 3 is 2.42 bits per heavy atom. The second kappa shape index (κ2) is 12.1. The molecule has 0 saturated heterocycles. The second-order valence-corrected chi connectivity index (χ2v) is 7.20. The van der Waals surface area contributed by atoms with E-state index in [1.807, 2.05) is 0 Å². The van der Waals surface area contributed by atoms with Gasteiger partial charge >= 0.3 is 5.97 Å². The third kappa shape index (κ3) is 8.31. The van der Waals surface area contributed by atoms with Gasteiger partial charge in [0.2, 0.25) is 0 Å². The van der Waals surface area contributed by atoms with Gasteiger partial charge < -0.3 is 20.4 Å². The molecule has 6 heteroatoms. The van der Waals surface area contributed by atoms with E-state index in [-0.39, 0.29) is 31.5 Å². The molecule has 5 atom stereocenters. The third-order valence-electron chi connectivity index (χ3n) is 4.91. The highest BCUT2D eigenvalue weighted by molar-refractivity contribution is 5.78. The van der Waals surface area contributed by atoms with Crippen LogP contribution < -0.4 is 0 Å². The molecule has 0 radical (unpaired) electrons. The number of unbranched alkanes of at least 4 members (excludes halogenated alkanes) is 3. The summed E-state index contributed by atoms with van der Waals surface area (Å²) in [6, 6.07) is 0. The lowest BCUT2D eigenvalue weighted by Gasteiger charge is -2.18. The lowest BCUT2D eigenvalue weighted by molar-refractivity contribution is -0.137. The quantitative estimate of drug-likeness (QED) is 0.327. The Kier molecular flexibility index (Phi) is 10.5. The molecule has 1 aliphatic carbocycles. The molecular formula is C20H32O6. The first kappa shape index (κ1) is 22.6. The number of aliphatic hydroxyl groups excluding tert-OH is 3. The van der Waals surface area contributed by atoms with E-state index < -0.39 is 36.1 Å². The molecule has 1 rings (SSSR count). The van der Waals surface area contributed by atoms with Crippen LogP contribution in [0.2, 0.25) is 0 Å². The summed E-state index contributed by atoms with van der Waals surface area (Å²) in [5.74, 6) is 3.76. The Bertz CT molecular complexity index is 506. The largest absolute Gasteiger partial charge is 0.481 e. The average molecular weight is 368 g/mol. The molecule has 148 valence electrons. The van der Waals surface area contributed by atoms with Crippen LogP contribution in [-0.2, 0) is 9.59 Å². The van der Waals surface area contributed by atoms with Gasteiger partial charge in [0.1, 0.15) is 11.9 Å². The van der Waals surface area contributed by atoms with Crippen molar-refractivity contribution in [3.05, 3.63) is 0 Å². The number of Topliss-reactive ketones (excluding diaryl/α,β-unsaturated/α-hetero) is 1. The standard InChI is InChI=1S/C20H32O6/c1-2-3-4-7-14(21)10-11-16-17(19(24)13-18(16)23)12-15(22)8-5-6-9-20(25)26/h14,16-19,21,23-24H,2-9,12-13H2,1H3,(H,25,26)/t14-,16+,17+,18+,19-/m0/s1. The van der Waals surface area contributed by atoms with Crippen molar-refractivity contribution in [1.82, 2.24) is 0 Å². The van der Waals surface area contributed by atoms with Crippen LogP contribution in [0.1, 0.15) is 71.1 Å². The minimum atomic E-state index is -0.875. The van der Waals surface area contributed by atoms with Gasteiger partial charge in [0, 0.05) is 31.6 Å². The van der Waals surface area contributed by atoms with Gasteiger partial charge in [0.05, 0.1) is 18.1 Å². The van der Waals surface area contributed by atoms with Gasteiger partial charge in [-0.15, -0.1) is 0 Å². The number of rotatable bonds is 11. The van der Waals surface area contributed by atoms with Gasteiger partial charge in [-0.3, -0.25) is 9.59 Å². The molecule has 26 heavy (non-hydrogen) atoms. The number of carboxylic acids is 1. The molecule has 1 saturated carbocycles. The zero-order chi connectivity index (χ0) is 19.5. The fourth-order valence-corrected chi connectivity index (χ4v) is 3.38. The van der Waals surface area contributed by atoms with E-state index in [9.17, 15) is 24.9 Å². The monoisotopic (exact) mass is 368 g/mol. The van der Waals surface area contributed by atoms with E-state index in [0.717, 1.165) is 19.3 Å². The van der Waals surface area contributed by atoms with Crippen molar-refractivity contribution in [2.75, 3.05) is 0 Å². The normalized spacial score (nSPS) is 26.2. The Balaban J connectivity index is 2.53. The highest BCUT2D eigenvalue weighted by Gasteiger charge is 2.41. The fourth-order valence-electron chi connectivity index (χ4n) is 3.38. The maximum absolute atomic E-state index is 12.1. The number of carboxylic acid groups (broad SMARTS) is 1. The van der Waals surface area contributed by atoms with Crippen molar-refractivity contribution >= 4 is 11.8 Å². The molecule has 0 aromatic carbocycles. The molecule has 4 N–H and O–H groups in total. The lowest BCUT2D eigenvalue weighted by Crippen LogP contribution is -2.24. The minimum Gasteiger partial charge on any atom is -0.481 e. The molecule has 0 unspecified atom stereocenters. The summed E-state index contributed by atoms with van der Waals surface area (Å²) in [5, 5.41) is 38.8. The molecule has 6 nitrogen and oxygen atoms in total.